The molecule has 1 heterocycles. The second-order valence-corrected chi connectivity index (χ2v) is 8.55. The second kappa shape index (κ2) is 10.4. The van der Waals surface area contributed by atoms with Crippen LogP contribution in [0.4, 0.5) is 5.00 Å². The van der Waals surface area contributed by atoms with Gasteiger partial charge in [0.05, 0.1) is 12.7 Å². The van der Waals surface area contributed by atoms with Crippen LogP contribution in [0.1, 0.15) is 60.8 Å². The van der Waals surface area contributed by atoms with Gasteiger partial charge in [0.25, 0.3) is 5.91 Å². The van der Waals surface area contributed by atoms with Crippen LogP contribution in [-0.2, 0) is 36.7 Å². The topological polar surface area (TPSA) is 111 Å². The van der Waals surface area contributed by atoms with Crippen molar-refractivity contribution in [1.29, 1.82) is 0 Å². The summed E-state index contributed by atoms with van der Waals surface area (Å²) in [5.41, 5.74) is 1.22. The predicted octanol–water partition coefficient (Wildman–Crippen LogP) is 2.45. The zero-order valence-electron chi connectivity index (χ0n) is 17.3. The lowest BCUT2D eigenvalue weighted by Crippen LogP contribution is -2.44. The minimum atomic E-state index is -0.796. The molecule has 0 radical (unpaired) electrons. The summed E-state index contributed by atoms with van der Waals surface area (Å²) in [7, 11) is 1.26. The van der Waals surface area contributed by atoms with Gasteiger partial charge in [-0.2, -0.15) is 0 Å². The van der Waals surface area contributed by atoms with E-state index in [4.69, 9.17) is 9.47 Å². The lowest BCUT2D eigenvalue weighted by Gasteiger charge is -2.18. The van der Waals surface area contributed by atoms with Crippen molar-refractivity contribution in [3.8, 4) is 0 Å². The van der Waals surface area contributed by atoms with Crippen LogP contribution in [0.3, 0.4) is 0 Å². The number of hydrogen-bond donors (Lipinski definition) is 2. The summed E-state index contributed by atoms with van der Waals surface area (Å²) in [6.07, 6.45) is 4.00. The number of thiophene rings is 1. The Bertz CT molecular complexity index is 786. The first-order valence-electron chi connectivity index (χ1n) is 9.69. The molecule has 0 bridgehead atoms. The summed E-state index contributed by atoms with van der Waals surface area (Å²) in [6, 6.07) is -0.796. The van der Waals surface area contributed by atoms with Gasteiger partial charge in [-0.3, -0.25) is 9.59 Å². The van der Waals surface area contributed by atoms with Crippen LogP contribution < -0.4 is 10.6 Å². The number of esters is 2. The van der Waals surface area contributed by atoms with E-state index < -0.39 is 30.5 Å². The predicted molar refractivity (Wildman–Crippen MR) is 109 cm³/mol. The third-order valence-electron chi connectivity index (χ3n) is 4.53. The van der Waals surface area contributed by atoms with Crippen molar-refractivity contribution in [2.45, 2.75) is 58.9 Å². The molecule has 160 valence electrons. The number of aryl methyl sites for hydroxylation is 1. The summed E-state index contributed by atoms with van der Waals surface area (Å²) in [5.74, 6) is -1.89. The fourth-order valence-corrected chi connectivity index (χ4v) is 4.62. The SMILES string of the molecule is COC(=O)[C@H](CC(C)C)NC(=O)COC(=O)c1c(NC(C)=O)sc2c1CCCC2. The van der Waals surface area contributed by atoms with Crippen LogP contribution >= 0.6 is 11.3 Å². The zero-order chi connectivity index (χ0) is 21.6. The standard InChI is InChI=1S/C20H28N2O6S/c1-11(2)9-14(19(25)27-4)22-16(24)10-28-20(26)17-13-7-5-6-8-15(13)29-18(17)21-12(3)23/h11,14H,5-10H2,1-4H3,(H,21,23)(H,22,24)/t14-/m0/s1. The normalized spacial score (nSPS) is 14.0. The molecule has 8 nitrogen and oxygen atoms in total. The summed E-state index contributed by atoms with van der Waals surface area (Å²) in [6.45, 7) is 4.70. The highest BCUT2D eigenvalue weighted by atomic mass is 32.1. The minimum Gasteiger partial charge on any atom is -0.467 e. The molecule has 2 amide bonds. The Morgan fingerprint density at radius 1 is 1.14 bits per heavy atom. The summed E-state index contributed by atoms with van der Waals surface area (Å²) in [5, 5.41) is 5.70. The van der Waals surface area contributed by atoms with Gasteiger partial charge in [-0.05, 0) is 43.6 Å². The largest absolute Gasteiger partial charge is 0.467 e. The van der Waals surface area contributed by atoms with Crippen LogP contribution in [0.2, 0.25) is 0 Å². The monoisotopic (exact) mass is 424 g/mol. The Labute approximate surface area is 174 Å². The fourth-order valence-electron chi connectivity index (χ4n) is 3.30. The van der Waals surface area contributed by atoms with E-state index in [1.165, 1.54) is 25.4 Å². The maximum Gasteiger partial charge on any atom is 0.341 e. The molecule has 0 aromatic carbocycles. The summed E-state index contributed by atoms with van der Waals surface area (Å²) >= 11 is 1.38. The molecule has 0 saturated heterocycles. The van der Waals surface area contributed by atoms with Crippen LogP contribution in [-0.4, -0.2) is 43.5 Å². The number of amides is 2. The number of anilines is 1. The van der Waals surface area contributed by atoms with Crippen LogP contribution in [0.25, 0.3) is 0 Å². The van der Waals surface area contributed by atoms with E-state index in [1.807, 2.05) is 13.8 Å². The molecule has 1 atom stereocenters. The minimum absolute atomic E-state index is 0.166. The molecule has 9 heteroatoms. The number of rotatable bonds is 8. The summed E-state index contributed by atoms with van der Waals surface area (Å²) < 4.78 is 9.92. The Hall–Kier alpha value is -2.42. The highest BCUT2D eigenvalue weighted by Crippen LogP contribution is 2.38. The molecule has 0 saturated carbocycles. The van der Waals surface area contributed by atoms with Crippen molar-refractivity contribution in [2.24, 2.45) is 5.92 Å². The number of hydrogen-bond acceptors (Lipinski definition) is 7. The van der Waals surface area contributed by atoms with Crippen molar-refractivity contribution in [3.63, 3.8) is 0 Å². The lowest BCUT2D eigenvalue weighted by molar-refractivity contribution is -0.145. The molecular weight excluding hydrogens is 396 g/mol. The highest BCUT2D eigenvalue weighted by Gasteiger charge is 2.28. The maximum atomic E-state index is 12.7. The van der Waals surface area contributed by atoms with Gasteiger partial charge in [0.2, 0.25) is 5.91 Å². The number of ether oxygens (including phenoxy) is 2. The first kappa shape index (κ1) is 22.9. The molecule has 1 aromatic heterocycles. The average Bonchev–Trinajstić information content (AvgIpc) is 3.01. The van der Waals surface area contributed by atoms with Crippen LogP contribution in [0.15, 0.2) is 0 Å². The Balaban J connectivity index is 2.06. The second-order valence-electron chi connectivity index (χ2n) is 7.45. The third-order valence-corrected chi connectivity index (χ3v) is 5.73. The van der Waals surface area contributed by atoms with Gasteiger partial charge < -0.3 is 20.1 Å². The average molecular weight is 425 g/mol. The maximum absolute atomic E-state index is 12.7. The molecule has 0 unspecified atom stereocenters. The molecule has 1 aromatic rings. The third kappa shape index (κ3) is 6.28. The molecule has 2 rings (SSSR count). The molecule has 1 aliphatic rings. The van der Waals surface area contributed by atoms with E-state index in [0.717, 1.165) is 36.1 Å². The molecule has 2 N–H and O–H groups in total. The number of carbonyl (C=O) groups is 4. The van der Waals surface area contributed by atoms with Crippen LogP contribution in [0.5, 0.6) is 0 Å². The van der Waals surface area contributed by atoms with E-state index in [0.29, 0.717) is 17.0 Å². The van der Waals surface area contributed by atoms with E-state index in [2.05, 4.69) is 10.6 Å². The lowest BCUT2D eigenvalue weighted by atomic mass is 9.95. The molecule has 0 aliphatic heterocycles. The van der Waals surface area contributed by atoms with Crippen molar-refractivity contribution in [1.82, 2.24) is 5.32 Å². The Morgan fingerprint density at radius 3 is 2.45 bits per heavy atom. The van der Waals surface area contributed by atoms with E-state index in [9.17, 15) is 19.2 Å². The van der Waals surface area contributed by atoms with Gasteiger partial charge >= 0.3 is 11.9 Å². The molecule has 0 spiro atoms. The first-order valence-corrected chi connectivity index (χ1v) is 10.5. The zero-order valence-corrected chi connectivity index (χ0v) is 18.1. The van der Waals surface area contributed by atoms with Gasteiger partial charge in [0.15, 0.2) is 6.61 Å². The molecule has 1 aliphatic carbocycles. The number of methoxy groups -OCH3 is 1. The molecule has 0 fully saturated rings. The van der Waals surface area contributed by atoms with Gasteiger partial charge in [0.1, 0.15) is 11.0 Å². The number of fused-ring (bicyclic) bond motifs is 1. The molecule has 29 heavy (non-hydrogen) atoms. The van der Waals surface area contributed by atoms with Gasteiger partial charge in [-0.15, -0.1) is 11.3 Å². The van der Waals surface area contributed by atoms with Gasteiger partial charge in [-0.1, -0.05) is 13.8 Å². The van der Waals surface area contributed by atoms with Gasteiger partial charge in [0, 0.05) is 11.8 Å². The molecular formula is C20H28N2O6S. The van der Waals surface area contributed by atoms with E-state index in [-0.39, 0.29) is 11.8 Å². The van der Waals surface area contributed by atoms with E-state index >= 15 is 0 Å². The van der Waals surface area contributed by atoms with Crippen molar-refractivity contribution >= 4 is 40.1 Å². The highest BCUT2D eigenvalue weighted by molar-refractivity contribution is 7.17. The van der Waals surface area contributed by atoms with Crippen molar-refractivity contribution in [3.05, 3.63) is 16.0 Å². The Kier molecular flexibility index (Phi) is 8.19. The number of nitrogens with one attached hydrogen (secondary N) is 2. The quantitative estimate of drug-likeness (QED) is 0.620. The smallest absolute Gasteiger partial charge is 0.341 e. The van der Waals surface area contributed by atoms with Crippen molar-refractivity contribution in [2.75, 3.05) is 19.0 Å². The summed E-state index contributed by atoms with van der Waals surface area (Å²) in [4.78, 5) is 49.3. The van der Waals surface area contributed by atoms with E-state index in [1.54, 1.807) is 0 Å². The fraction of sp³-hybridized carbons (Fsp3) is 0.600. The van der Waals surface area contributed by atoms with Crippen LogP contribution in [0, 0.1) is 5.92 Å². The first-order chi connectivity index (χ1) is 13.7. The Morgan fingerprint density at radius 2 is 1.83 bits per heavy atom. The van der Waals surface area contributed by atoms with Crippen molar-refractivity contribution < 1.29 is 28.7 Å². The number of carbonyl (C=O) groups excluding carboxylic acids is 4. The van der Waals surface area contributed by atoms with Gasteiger partial charge in [-0.25, -0.2) is 9.59 Å².